The lowest BCUT2D eigenvalue weighted by Crippen LogP contribution is -2.22. The molecule has 2 aromatic heterocycles. The molecule has 7 nitrogen and oxygen atoms in total. The maximum Gasteiger partial charge on any atom is 0.247 e. The van der Waals surface area contributed by atoms with E-state index in [0.29, 0.717) is 5.82 Å². The third-order valence-corrected chi connectivity index (χ3v) is 2.72. The molecule has 0 spiro atoms. The van der Waals surface area contributed by atoms with Crippen molar-refractivity contribution in [1.82, 2.24) is 24.5 Å². The first kappa shape index (κ1) is 12.3. The summed E-state index contributed by atoms with van der Waals surface area (Å²) >= 11 is 0. The smallest absolute Gasteiger partial charge is 0.247 e. The van der Waals surface area contributed by atoms with Crippen LogP contribution in [-0.4, -0.2) is 30.5 Å². The predicted molar refractivity (Wildman–Crippen MR) is 65.9 cm³/mol. The van der Waals surface area contributed by atoms with Gasteiger partial charge in [-0.2, -0.15) is 10.2 Å². The van der Waals surface area contributed by atoms with Crippen molar-refractivity contribution in [3.8, 4) is 0 Å². The molecule has 2 heterocycles. The number of aromatic nitrogens is 5. The number of amides is 1. The van der Waals surface area contributed by atoms with Gasteiger partial charge < -0.3 is 5.32 Å². The molecule has 0 aliphatic heterocycles. The van der Waals surface area contributed by atoms with Crippen LogP contribution in [0.3, 0.4) is 0 Å². The van der Waals surface area contributed by atoms with E-state index in [-0.39, 0.29) is 18.5 Å². The van der Waals surface area contributed by atoms with Crippen LogP contribution in [0.15, 0.2) is 24.9 Å². The summed E-state index contributed by atoms with van der Waals surface area (Å²) in [7, 11) is 0. The van der Waals surface area contributed by atoms with Gasteiger partial charge in [0.2, 0.25) is 5.91 Å². The largest absolute Gasteiger partial charge is 0.309 e. The Morgan fingerprint density at radius 2 is 2.33 bits per heavy atom. The maximum absolute atomic E-state index is 11.8. The fourth-order valence-corrected chi connectivity index (χ4v) is 1.58. The van der Waals surface area contributed by atoms with Gasteiger partial charge in [-0.25, -0.2) is 14.3 Å². The summed E-state index contributed by atoms with van der Waals surface area (Å²) in [4.78, 5) is 15.6. The van der Waals surface area contributed by atoms with Crippen molar-refractivity contribution in [3.63, 3.8) is 0 Å². The zero-order valence-corrected chi connectivity index (χ0v) is 10.4. The Morgan fingerprint density at radius 3 is 3.00 bits per heavy atom. The molecule has 2 rings (SSSR count). The van der Waals surface area contributed by atoms with Crippen LogP contribution in [0, 0.1) is 0 Å². The molecule has 0 saturated heterocycles. The lowest BCUT2D eigenvalue weighted by molar-refractivity contribution is -0.117. The van der Waals surface area contributed by atoms with Crippen LogP contribution in [-0.2, 0) is 11.3 Å². The van der Waals surface area contributed by atoms with E-state index < -0.39 is 0 Å². The molecule has 0 aliphatic rings. The minimum absolute atomic E-state index is 0.145. The van der Waals surface area contributed by atoms with Crippen molar-refractivity contribution in [1.29, 1.82) is 0 Å². The van der Waals surface area contributed by atoms with E-state index in [1.54, 1.807) is 16.9 Å². The number of anilines is 1. The highest BCUT2D eigenvalue weighted by Crippen LogP contribution is 2.16. The van der Waals surface area contributed by atoms with Gasteiger partial charge in [0, 0.05) is 6.07 Å². The van der Waals surface area contributed by atoms with Gasteiger partial charge in [0.05, 0.1) is 12.2 Å². The summed E-state index contributed by atoms with van der Waals surface area (Å²) in [5.41, 5.74) is 0. The summed E-state index contributed by atoms with van der Waals surface area (Å²) in [6.07, 6.45) is 5.53. The number of hydrogen-bond acceptors (Lipinski definition) is 4. The average Bonchev–Trinajstić information content (AvgIpc) is 2.99. The highest BCUT2D eigenvalue weighted by Gasteiger charge is 2.11. The van der Waals surface area contributed by atoms with E-state index >= 15 is 0 Å². The number of carbonyl (C=O) groups excluding carboxylic acids is 1. The van der Waals surface area contributed by atoms with Gasteiger partial charge in [-0.1, -0.05) is 6.92 Å². The zero-order chi connectivity index (χ0) is 13.0. The molecule has 0 saturated carbocycles. The lowest BCUT2D eigenvalue weighted by Gasteiger charge is -2.14. The third kappa shape index (κ3) is 2.73. The number of hydrogen-bond donors (Lipinski definition) is 1. The highest BCUT2D eigenvalue weighted by molar-refractivity contribution is 5.89. The fraction of sp³-hybridized carbons (Fsp3) is 0.455. The first-order valence-corrected chi connectivity index (χ1v) is 5.86. The predicted octanol–water partition coefficient (Wildman–Crippen LogP) is 1.08. The van der Waals surface area contributed by atoms with Crippen molar-refractivity contribution in [3.05, 3.63) is 24.9 Å². The first-order chi connectivity index (χ1) is 8.70. The summed E-state index contributed by atoms with van der Waals surface area (Å²) < 4.78 is 3.28. The van der Waals surface area contributed by atoms with Crippen LogP contribution in [0.4, 0.5) is 5.82 Å². The van der Waals surface area contributed by atoms with E-state index in [9.17, 15) is 4.79 Å². The Morgan fingerprint density at radius 1 is 1.50 bits per heavy atom. The summed E-state index contributed by atoms with van der Waals surface area (Å²) in [6.45, 7) is 4.28. The second-order valence-electron chi connectivity index (χ2n) is 4.06. The zero-order valence-electron chi connectivity index (χ0n) is 10.4. The van der Waals surface area contributed by atoms with Crippen LogP contribution < -0.4 is 5.32 Å². The van der Waals surface area contributed by atoms with Crippen LogP contribution in [0.2, 0.25) is 0 Å². The van der Waals surface area contributed by atoms with Gasteiger partial charge >= 0.3 is 0 Å². The second-order valence-corrected chi connectivity index (χ2v) is 4.06. The molecule has 1 amide bonds. The number of rotatable bonds is 5. The average molecular weight is 248 g/mol. The Balaban J connectivity index is 2.01. The highest BCUT2D eigenvalue weighted by atomic mass is 16.2. The third-order valence-electron chi connectivity index (χ3n) is 2.72. The van der Waals surface area contributed by atoms with E-state index in [4.69, 9.17) is 0 Å². The topological polar surface area (TPSA) is 77.6 Å². The summed E-state index contributed by atoms with van der Waals surface area (Å²) in [5, 5.41) is 10.9. The van der Waals surface area contributed by atoms with E-state index in [1.807, 2.05) is 0 Å². The molecule has 7 heteroatoms. The van der Waals surface area contributed by atoms with Gasteiger partial charge in [0.15, 0.2) is 0 Å². The Kier molecular flexibility index (Phi) is 3.71. The lowest BCUT2D eigenvalue weighted by atomic mass is 10.3. The van der Waals surface area contributed by atoms with Crippen molar-refractivity contribution in [2.75, 3.05) is 5.32 Å². The molecule has 1 N–H and O–H groups in total. The SMILES string of the molecule is CC[C@H](C)n1nccc1NC(=O)Cn1cncn1. The molecule has 0 fully saturated rings. The Labute approximate surface area is 105 Å². The van der Waals surface area contributed by atoms with Gasteiger partial charge in [-0.15, -0.1) is 0 Å². The molecule has 96 valence electrons. The van der Waals surface area contributed by atoms with Crippen molar-refractivity contribution in [2.24, 2.45) is 0 Å². The van der Waals surface area contributed by atoms with E-state index in [0.717, 1.165) is 6.42 Å². The molecular formula is C11H16N6O. The minimum Gasteiger partial charge on any atom is -0.309 e. The monoisotopic (exact) mass is 248 g/mol. The molecule has 0 bridgehead atoms. The molecule has 0 aliphatic carbocycles. The second kappa shape index (κ2) is 5.44. The number of nitrogens with zero attached hydrogens (tertiary/aromatic N) is 5. The molecule has 0 unspecified atom stereocenters. The normalized spacial score (nSPS) is 12.3. The van der Waals surface area contributed by atoms with Gasteiger partial charge in [-0.05, 0) is 13.3 Å². The van der Waals surface area contributed by atoms with Crippen molar-refractivity contribution >= 4 is 11.7 Å². The fourth-order valence-electron chi connectivity index (χ4n) is 1.58. The van der Waals surface area contributed by atoms with Crippen molar-refractivity contribution < 1.29 is 4.79 Å². The molecule has 18 heavy (non-hydrogen) atoms. The van der Waals surface area contributed by atoms with Crippen LogP contribution in [0.25, 0.3) is 0 Å². The quantitative estimate of drug-likeness (QED) is 0.859. The summed E-state index contributed by atoms with van der Waals surface area (Å²) in [6, 6.07) is 2.03. The summed E-state index contributed by atoms with van der Waals surface area (Å²) in [5.74, 6) is 0.556. The molecular weight excluding hydrogens is 232 g/mol. The molecule has 2 aromatic rings. The van der Waals surface area contributed by atoms with Crippen LogP contribution in [0.1, 0.15) is 26.3 Å². The molecule has 1 atom stereocenters. The maximum atomic E-state index is 11.8. The minimum atomic E-state index is -0.148. The standard InChI is InChI=1S/C11H16N6O/c1-3-9(2)17-10(4-5-13-17)15-11(18)6-16-8-12-7-14-16/h4-5,7-9H,3,6H2,1-2H3,(H,15,18)/t9-/m0/s1. The number of nitrogens with one attached hydrogen (secondary N) is 1. The van der Waals surface area contributed by atoms with E-state index in [1.165, 1.54) is 17.3 Å². The number of carbonyl (C=O) groups is 1. The van der Waals surface area contributed by atoms with Crippen LogP contribution >= 0.6 is 0 Å². The molecule has 0 radical (unpaired) electrons. The van der Waals surface area contributed by atoms with Crippen LogP contribution in [0.5, 0.6) is 0 Å². The Hall–Kier alpha value is -2.18. The van der Waals surface area contributed by atoms with E-state index in [2.05, 4.69) is 34.3 Å². The molecule has 0 aromatic carbocycles. The first-order valence-electron chi connectivity index (χ1n) is 5.86. The Bertz CT molecular complexity index is 503. The van der Waals surface area contributed by atoms with Crippen molar-refractivity contribution in [2.45, 2.75) is 32.9 Å². The van der Waals surface area contributed by atoms with Gasteiger partial charge in [0.1, 0.15) is 25.0 Å². The van der Waals surface area contributed by atoms with Gasteiger partial charge in [-0.3, -0.25) is 4.79 Å². The van der Waals surface area contributed by atoms with Gasteiger partial charge in [0.25, 0.3) is 0 Å².